The molecule has 0 radical (unpaired) electrons. The SMILES string of the molecule is Cc1cnc2c(ccn2SI)c1Cl. The van der Waals surface area contributed by atoms with Gasteiger partial charge in [0.2, 0.25) is 0 Å². The number of halogens is 2. The third-order valence-corrected chi connectivity index (χ3v) is 4.08. The van der Waals surface area contributed by atoms with Gasteiger partial charge in [-0.1, -0.05) is 11.6 Å². The Kier molecular flexibility index (Phi) is 2.71. The summed E-state index contributed by atoms with van der Waals surface area (Å²) in [5.41, 5.74) is 1.94. The Balaban J connectivity index is 2.81. The second-order valence-electron chi connectivity index (χ2n) is 2.70. The first kappa shape index (κ1) is 9.61. The molecule has 68 valence electrons. The van der Waals surface area contributed by atoms with Crippen LogP contribution in [0.1, 0.15) is 5.56 Å². The summed E-state index contributed by atoms with van der Waals surface area (Å²) in [6.07, 6.45) is 3.77. The predicted octanol–water partition coefficient (Wildman–Crippen LogP) is 3.84. The van der Waals surface area contributed by atoms with Crippen molar-refractivity contribution in [2.75, 3.05) is 0 Å². The van der Waals surface area contributed by atoms with E-state index in [1.165, 1.54) is 0 Å². The number of hydrogen-bond donors (Lipinski definition) is 0. The van der Waals surface area contributed by atoms with Crippen molar-refractivity contribution < 1.29 is 0 Å². The van der Waals surface area contributed by atoms with Crippen molar-refractivity contribution in [3.63, 3.8) is 0 Å². The molecule has 0 saturated carbocycles. The second-order valence-corrected chi connectivity index (χ2v) is 4.79. The highest BCUT2D eigenvalue weighted by atomic mass is 127. The van der Waals surface area contributed by atoms with E-state index in [1.807, 2.05) is 23.2 Å². The highest BCUT2D eigenvalue weighted by Crippen LogP contribution is 2.29. The maximum Gasteiger partial charge on any atom is 0.152 e. The molecule has 0 spiro atoms. The molecule has 2 aromatic rings. The van der Waals surface area contributed by atoms with Crippen LogP contribution in [0, 0.1) is 6.92 Å². The maximum atomic E-state index is 6.13. The lowest BCUT2D eigenvalue weighted by molar-refractivity contribution is 1.25. The average Bonchev–Trinajstić information content (AvgIpc) is 2.55. The van der Waals surface area contributed by atoms with E-state index in [2.05, 4.69) is 26.2 Å². The number of aromatic nitrogens is 2. The van der Waals surface area contributed by atoms with Crippen LogP contribution in [0.25, 0.3) is 11.0 Å². The van der Waals surface area contributed by atoms with Gasteiger partial charge in [-0.05, 0) is 18.6 Å². The second kappa shape index (κ2) is 3.67. The Labute approximate surface area is 97.4 Å². The lowest BCUT2D eigenvalue weighted by Crippen LogP contribution is -1.85. The molecule has 0 N–H and O–H groups in total. The van der Waals surface area contributed by atoms with Crippen LogP contribution in [0.2, 0.25) is 5.02 Å². The number of aryl methyl sites for hydroxylation is 1. The van der Waals surface area contributed by atoms with E-state index in [0.29, 0.717) is 0 Å². The van der Waals surface area contributed by atoms with Gasteiger partial charge in [0.1, 0.15) is 0 Å². The van der Waals surface area contributed by atoms with E-state index in [-0.39, 0.29) is 0 Å². The van der Waals surface area contributed by atoms with Gasteiger partial charge in [0.05, 0.1) is 5.02 Å². The fourth-order valence-electron chi connectivity index (χ4n) is 1.19. The summed E-state index contributed by atoms with van der Waals surface area (Å²) in [7, 11) is 1.59. The van der Waals surface area contributed by atoms with Gasteiger partial charge in [-0.3, -0.25) is 3.97 Å². The Hall–Kier alpha value is 0.0600. The van der Waals surface area contributed by atoms with Crippen LogP contribution >= 0.6 is 41.9 Å². The average molecular weight is 325 g/mol. The third-order valence-electron chi connectivity index (χ3n) is 1.86. The molecule has 0 fully saturated rings. The largest absolute Gasteiger partial charge is 0.266 e. The predicted molar refractivity (Wildman–Crippen MR) is 66.5 cm³/mol. The monoisotopic (exact) mass is 324 g/mol. The topological polar surface area (TPSA) is 17.8 Å². The molecule has 5 heteroatoms. The Bertz CT molecular complexity index is 455. The molecular weight excluding hydrogens is 319 g/mol. The summed E-state index contributed by atoms with van der Waals surface area (Å²) in [5.74, 6) is 0. The molecule has 0 saturated heterocycles. The van der Waals surface area contributed by atoms with Crippen LogP contribution in [-0.2, 0) is 0 Å². The molecule has 0 amide bonds. The Morgan fingerprint density at radius 3 is 3.08 bits per heavy atom. The molecule has 0 unspecified atom stereocenters. The molecule has 0 aromatic carbocycles. The molecule has 2 aromatic heterocycles. The number of hydrogen-bond acceptors (Lipinski definition) is 2. The van der Waals surface area contributed by atoms with Crippen molar-refractivity contribution >= 4 is 53.0 Å². The standard InChI is InChI=1S/C8H6ClIN2S/c1-5-4-11-8-6(7(5)9)2-3-12(8)13-10/h2-4H,1H3. The van der Waals surface area contributed by atoms with Crippen LogP contribution < -0.4 is 0 Å². The van der Waals surface area contributed by atoms with E-state index in [9.17, 15) is 0 Å². The van der Waals surface area contributed by atoms with E-state index >= 15 is 0 Å². The highest BCUT2D eigenvalue weighted by Gasteiger charge is 2.07. The molecule has 13 heavy (non-hydrogen) atoms. The van der Waals surface area contributed by atoms with E-state index in [4.69, 9.17) is 11.6 Å². The Morgan fingerprint density at radius 1 is 1.62 bits per heavy atom. The quantitative estimate of drug-likeness (QED) is 0.742. The smallest absolute Gasteiger partial charge is 0.152 e. The van der Waals surface area contributed by atoms with E-state index in [0.717, 1.165) is 21.6 Å². The molecule has 0 aliphatic rings. The van der Waals surface area contributed by atoms with E-state index < -0.39 is 0 Å². The summed E-state index contributed by atoms with van der Waals surface area (Å²) in [6, 6.07) is 1.99. The summed E-state index contributed by atoms with van der Waals surface area (Å²) in [4.78, 5) is 4.33. The number of rotatable bonds is 1. The van der Waals surface area contributed by atoms with Crippen LogP contribution in [0.5, 0.6) is 0 Å². The summed E-state index contributed by atoms with van der Waals surface area (Å²) in [5, 5.41) is 1.82. The van der Waals surface area contributed by atoms with E-state index in [1.54, 1.807) is 15.3 Å². The van der Waals surface area contributed by atoms with Crippen LogP contribution in [0.15, 0.2) is 18.5 Å². The zero-order chi connectivity index (χ0) is 9.42. The van der Waals surface area contributed by atoms with Gasteiger partial charge in [0, 0.05) is 48.1 Å². The summed E-state index contributed by atoms with van der Waals surface area (Å²) in [6.45, 7) is 1.96. The van der Waals surface area contributed by atoms with Gasteiger partial charge in [0.25, 0.3) is 0 Å². The fraction of sp³-hybridized carbons (Fsp3) is 0.125. The fourth-order valence-corrected chi connectivity index (χ4v) is 2.65. The molecule has 2 nitrogen and oxygen atoms in total. The van der Waals surface area contributed by atoms with Gasteiger partial charge in [0.15, 0.2) is 5.65 Å². The van der Waals surface area contributed by atoms with Crippen molar-refractivity contribution in [1.82, 2.24) is 8.96 Å². The third kappa shape index (κ3) is 1.55. The van der Waals surface area contributed by atoms with Crippen molar-refractivity contribution in [3.8, 4) is 0 Å². The number of fused-ring (bicyclic) bond motifs is 1. The minimum absolute atomic E-state index is 0.800. The van der Waals surface area contributed by atoms with Crippen molar-refractivity contribution in [1.29, 1.82) is 0 Å². The zero-order valence-corrected chi connectivity index (χ0v) is 10.5. The first-order valence-electron chi connectivity index (χ1n) is 3.65. The lowest BCUT2D eigenvalue weighted by atomic mass is 10.2. The van der Waals surface area contributed by atoms with Gasteiger partial charge >= 0.3 is 0 Å². The van der Waals surface area contributed by atoms with Crippen molar-refractivity contribution in [2.24, 2.45) is 0 Å². The molecule has 0 atom stereocenters. The van der Waals surface area contributed by atoms with Crippen LogP contribution in [0.3, 0.4) is 0 Å². The van der Waals surface area contributed by atoms with Gasteiger partial charge < -0.3 is 0 Å². The molecule has 0 bridgehead atoms. The van der Waals surface area contributed by atoms with Crippen LogP contribution in [-0.4, -0.2) is 8.96 Å². The van der Waals surface area contributed by atoms with Crippen molar-refractivity contribution in [3.05, 3.63) is 29.0 Å². The molecular formula is C8H6ClIN2S. The molecule has 2 rings (SSSR count). The van der Waals surface area contributed by atoms with Crippen LogP contribution in [0.4, 0.5) is 0 Å². The lowest BCUT2D eigenvalue weighted by Gasteiger charge is -2.00. The first-order chi connectivity index (χ1) is 6.24. The maximum absolute atomic E-state index is 6.13. The molecule has 0 aliphatic carbocycles. The van der Waals surface area contributed by atoms with Gasteiger partial charge in [-0.15, -0.1) is 0 Å². The zero-order valence-electron chi connectivity index (χ0n) is 6.79. The summed E-state index contributed by atoms with van der Waals surface area (Å²) < 4.78 is 1.99. The first-order valence-corrected chi connectivity index (χ1v) is 7.34. The number of nitrogens with zero attached hydrogens (tertiary/aromatic N) is 2. The van der Waals surface area contributed by atoms with Gasteiger partial charge in [-0.2, -0.15) is 0 Å². The normalized spacial score (nSPS) is 11.0. The highest BCUT2D eigenvalue weighted by molar-refractivity contribution is 14.2. The minimum Gasteiger partial charge on any atom is -0.266 e. The van der Waals surface area contributed by atoms with Gasteiger partial charge in [-0.25, -0.2) is 4.98 Å². The minimum atomic E-state index is 0.800. The summed E-state index contributed by atoms with van der Waals surface area (Å²) >= 11 is 8.35. The van der Waals surface area contributed by atoms with Crippen molar-refractivity contribution in [2.45, 2.75) is 6.92 Å². The molecule has 0 aliphatic heterocycles. The Morgan fingerprint density at radius 2 is 2.38 bits per heavy atom. The molecule has 2 heterocycles. The number of pyridine rings is 1.